The number of nitrogens with zero attached hydrogens (tertiary/aromatic N) is 17. The van der Waals surface area contributed by atoms with Crippen LogP contribution < -0.4 is 5.32 Å². The summed E-state index contributed by atoms with van der Waals surface area (Å²) in [4.78, 5) is 270. The summed E-state index contributed by atoms with van der Waals surface area (Å²) in [5, 5.41) is 2.79. The summed E-state index contributed by atoms with van der Waals surface area (Å²) < 4.78 is 0. The molecule has 0 saturated heterocycles. The van der Waals surface area contributed by atoms with Crippen molar-refractivity contribution in [2.45, 2.75) is 265 Å². The topological polar surface area (TPSA) is 374 Å². The first-order chi connectivity index (χ1) is 63.6. The number of hydrogen-bond acceptors (Lipinski definition) is 18. The summed E-state index contributed by atoms with van der Waals surface area (Å²) >= 11 is 0. The standard InChI is InChI=1S/C97H170N18O18/c1-20-38-40-44-96(132)99(19)50-51-115(97(133)45-41-39-21-2)79-78-114(95(131)37-18)77-76-113(94(130)36-17)75-74-110(91(127)33-14)68-65-107(88(124)30-11)62-59-104(85(121)27-8)56-53-101(82(118)24-5)48-43-42-47-100(81(117)23-4)52-55-103(84(120)26-7)58-61-106(87(123)29-10)64-67-109(90(126)32-13)70-72-112(93(129)35-16)73-71-111(92(128)34-15)69-66-108(89(125)31-12)63-60-105(86(122)28-9)57-54-102(83(119)25-6)49-46-98-80(116)22-3/h1-2H,22-79H2,3-19H3,(H,98,116). The number of amides is 18. The number of rotatable bonds is 75. The van der Waals surface area contributed by atoms with Crippen molar-refractivity contribution in [3.63, 3.8) is 0 Å². The molecule has 18 amide bonds. The van der Waals surface area contributed by atoms with Gasteiger partial charge in [-0.25, -0.2) is 0 Å². The van der Waals surface area contributed by atoms with Gasteiger partial charge < -0.3 is 88.6 Å². The van der Waals surface area contributed by atoms with E-state index in [1.54, 1.807) is 201 Å². The van der Waals surface area contributed by atoms with Crippen molar-refractivity contribution < 1.29 is 86.3 Å². The van der Waals surface area contributed by atoms with Gasteiger partial charge in [-0.15, -0.1) is 24.7 Å². The maximum absolute atomic E-state index is 13.8. The first-order valence-electron chi connectivity index (χ1n) is 49.4. The number of carbonyl (C=O) groups excluding carboxylic acids is 18. The van der Waals surface area contributed by atoms with E-state index in [4.69, 9.17) is 12.8 Å². The van der Waals surface area contributed by atoms with Gasteiger partial charge in [0.25, 0.3) is 0 Å². The number of nitrogens with one attached hydrogen (secondary N) is 1. The first-order valence-corrected chi connectivity index (χ1v) is 49.4. The second kappa shape index (κ2) is 73.0. The van der Waals surface area contributed by atoms with Gasteiger partial charge in [-0.2, -0.15) is 0 Å². The lowest BCUT2D eigenvalue weighted by Crippen LogP contribution is -2.49. The Balaban J connectivity index is 6.39. The van der Waals surface area contributed by atoms with E-state index in [1.807, 2.05) is 0 Å². The highest BCUT2D eigenvalue weighted by atomic mass is 16.2. The van der Waals surface area contributed by atoms with Gasteiger partial charge >= 0.3 is 0 Å². The van der Waals surface area contributed by atoms with Crippen LogP contribution >= 0.6 is 0 Å². The van der Waals surface area contributed by atoms with Crippen LogP contribution in [-0.2, 0) is 86.3 Å². The molecule has 1 N–H and O–H groups in total. The van der Waals surface area contributed by atoms with E-state index >= 15 is 0 Å². The Bertz CT molecular complexity index is 3660. The quantitative estimate of drug-likeness (QED) is 0.0558. The minimum absolute atomic E-state index is 0.0982. The number of terminal acetylenes is 2. The Labute approximate surface area is 796 Å². The molecule has 0 heterocycles. The predicted molar refractivity (Wildman–Crippen MR) is 515 cm³/mol. The van der Waals surface area contributed by atoms with Crippen LogP contribution in [0.1, 0.15) is 265 Å². The highest BCUT2D eigenvalue weighted by Crippen LogP contribution is 2.14. The lowest BCUT2D eigenvalue weighted by atomic mass is 10.2. The normalized spacial score (nSPS) is 10.8. The molecule has 36 nitrogen and oxygen atoms in total. The molecule has 0 aliphatic rings. The van der Waals surface area contributed by atoms with Gasteiger partial charge in [0.05, 0.1) is 0 Å². The molecule has 0 aliphatic heterocycles. The van der Waals surface area contributed by atoms with Crippen LogP contribution in [-0.4, -0.2) is 419 Å². The van der Waals surface area contributed by atoms with Crippen LogP contribution in [0, 0.1) is 24.7 Å². The monoisotopic (exact) mass is 1880 g/mol. The molecule has 0 aromatic rings. The molecular weight excluding hydrogens is 1710 g/mol. The van der Waals surface area contributed by atoms with Crippen molar-refractivity contribution in [1.29, 1.82) is 0 Å². The molecule has 0 atom stereocenters. The van der Waals surface area contributed by atoms with Gasteiger partial charge in [-0.3, -0.25) is 86.3 Å². The average molecular weight is 1880 g/mol. The fraction of sp³-hybridized carbons (Fsp3) is 0.773. The van der Waals surface area contributed by atoms with Crippen molar-refractivity contribution in [3.05, 3.63) is 0 Å². The molecule has 0 rings (SSSR count). The van der Waals surface area contributed by atoms with Crippen LogP contribution in [0.4, 0.5) is 0 Å². The lowest BCUT2D eigenvalue weighted by Gasteiger charge is -2.33. The SMILES string of the molecule is C#CCCCC(=O)N(C)CCN(CCN(CCN(CCN(CCN(CCN(CCN(CCCCN(CCN(CCN(CCN(CCN(CCN(CCN(CCN(CCN(CCNC(=O)CC)C(=O)CC)C(=O)CC)C(=O)CC)C(=O)CC)C(=O)CC)C(=O)CC)C(=O)CC)C(=O)CC)C(=O)CC)C(=O)CC)C(=O)CC)C(=O)CC)C(=O)CC)C(=O)CC)C(=O)CC)C(=O)CCCC#C. The molecule has 0 aromatic carbocycles. The number of hydrogen-bond donors (Lipinski definition) is 1. The van der Waals surface area contributed by atoms with E-state index in [9.17, 15) is 86.3 Å². The molecule has 0 unspecified atom stereocenters. The van der Waals surface area contributed by atoms with E-state index < -0.39 is 0 Å². The van der Waals surface area contributed by atoms with Crippen LogP contribution in [0.2, 0.25) is 0 Å². The van der Waals surface area contributed by atoms with Crippen LogP contribution in [0.15, 0.2) is 0 Å². The fourth-order valence-corrected chi connectivity index (χ4v) is 15.0. The molecule has 0 saturated carbocycles. The molecule has 0 spiro atoms. The molecule has 0 radical (unpaired) electrons. The minimum Gasteiger partial charge on any atom is -0.354 e. The van der Waals surface area contributed by atoms with E-state index in [0.717, 1.165) is 0 Å². The molecule has 0 aliphatic carbocycles. The van der Waals surface area contributed by atoms with E-state index in [-0.39, 0.29) is 425 Å². The summed E-state index contributed by atoms with van der Waals surface area (Å²) in [7, 11) is 1.67. The van der Waals surface area contributed by atoms with Crippen LogP contribution in [0.25, 0.3) is 0 Å². The van der Waals surface area contributed by atoms with E-state index in [2.05, 4.69) is 17.2 Å². The molecular formula is C97H170N18O18. The Morgan fingerprint density at radius 3 is 0.481 bits per heavy atom. The largest absolute Gasteiger partial charge is 0.354 e. The van der Waals surface area contributed by atoms with Gasteiger partial charge in [0.2, 0.25) is 106 Å². The van der Waals surface area contributed by atoms with Crippen molar-refractivity contribution in [3.8, 4) is 24.7 Å². The zero-order valence-corrected chi connectivity index (χ0v) is 84.6. The molecule has 36 heteroatoms. The second-order valence-electron chi connectivity index (χ2n) is 32.7. The van der Waals surface area contributed by atoms with Crippen molar-refractivity contribution in [1.82, 2.24) is 88.6 Å². The zero-order chi connectivity index (χ0) is 100. The van der Waals surface area contributed by atoms with Crippen molar-refractivity contribution >= 4 is 106 Å². The van der Waals surface area contributed by atoms with Crippen molar-refractivity contribution in [2.75, 3.05) is 230 Å². The number of unbranched alkanes of at least 4 members (excludes halogenated alkanes) is 3. The van der Waals surface area contributed by atoms with Gasteiger partial charge in [0, 0.05) is 358 Å². The summed E-state index contributed by atoms with van der Waals surface area (Å²) in [5.41, 5.74) is 0. The summed E-state index contributed by atoms with van der Waals surface area (Å²) in [5.74, 6) is 1.92. The third-order valence-electron chi connectivity index (χ3n) is 23.8. The summed E-state index contributed by atoms with van der Waals surface area (Å²) in [6, 6.07) is 0. The Kier molecular flexibility index (Phi) is 67.3. The van der Waals surface area contributed by atoms with Gasteiger partial charge in [0.1, 0.15) is 0 Å². The highest BCUT2D eigenvalue weighted by Gasteiger charge is 2.30. The lowest BCUT2D eigenvalue weighted by molar-refractivity contribution is -0.138. The van der Waals surface area contributed by atoms with Crippen LogP contribution in [0.3, 0.4) is 0 Å². The third kappa shape index (κ3) is 49.4. The van der Waals surface area contributed by atoms with Crippen molar-refractivity contribution in [2.24, 2.45) is 0 Å². The first kappa shape index (κ1) is 123. The van der Waals surface area contributed by atoms with Gasteiger partial charge in [-0.05, 0) is 25.7 Å². The molecule has 0 fully saturated rings. The smallest absolute Gasteiger partial charge is 0.222 e. The zero-order valence-electron chi connectivity index (χ0n) is 84.6. The fourth-order valence-electron chi connectivity index (χ4n) is 15.0. The highest BCUT2D eigenvalue weighted by molar-refractivity contribution is 5.84. The Morgan fingerprint density at radius 1 is 0.180 bits per heavy atom. The number of carbonyl (C=O) groups is 18. The predicted octanol–water partition coefficient (Wildman–Crippen LogP) is 5.77. The third-order valence-corrected chi connectivity index (χ3v) is 23.8. The van der Waals surface area contributed by atoms with Crippen LogP contribution in [0.5, 0.6) is 0 Å². The molecule has 756 valence electrons. The Morgan fingerprint density at radius 2 is 0.323 bits per heavy atom. The van der Waals surface area contributed by atoms with Gasteiger partial charge in [-0.1, -0.05) is 111 Å². The minimum atomic E-state index is -0.215. The maximum Gasteiger partial charge on any atom is 0.222 e. The average Bonchev–Trinajstić information content (AvgIpc) is 0.889. The van der Waals surface area contributed by atoms with E-state index in [0.29, 0.717) is 58.0 Å². The Hall–Kier alpha value is -10.4. The molecule has 0 bridgehead atoms. The second-order valence-corrected chi connectivity index (χ2v) is 32.7. The number of likely N-dealkylation sites (N-methyl/N-ethyl adjacent to an activating group) is 1. The maximum atomic E-state index is 13.8. The molecule has 133 heavy (non-hydrogen) atoms. The van der Waals surface area contributed by atoms with E-state index in [1.165, 1.54) is 0 Å². The molecule has 0 aromatic heterocycles. The summed E-state index contributed by atoms with van der Waals surface area (Å²) in [6.07, 6.45) is 17.0. The van der Waals surface area contributed by atoms with Gasteiger partial charge in [0.15, 0.2) is 0 Å². The summed E-state index contributed by atoms with van der Waals surface area (Å²) in [6.45, 7) is 33.5.